The number of carbonyl (C=O) groups excluding carboxylic acids is 1. The summed E-state index contributed by atoms with van der Waals surface area (Å²) in [5.41, 5.74) is 0. The second-order valence-electron chi connectivity index (χ2n) is 7.25. The van der Waals surface area contributed by atoms with E-state index < -0.39 is 0 Å². The smallest absolute Gasteiger partial charge is 0.264 e. The van der Waals surface area contributed by atoms with E-state index in [-0.39, 0.29) is 12.0 Å². The summed E-state index contributed by atoms with van der Waals surface area (Å²) in [7, 11) is 0. The Bertz CT molecular complexity index is 925. The van der Waals surface area contributed by atoms with Crippen molar-refractivity contribution in [2.75, 3.05) is 31.6 Å². The number of aromatic nitrogens is 1. The van der Waals surface area contributed by atoms with Crippen molar-refractivity contribution in [3.63, 3.8) is 0 Å². The Hall–Kier alpha value is -2.44. The number of nitrogens with zero attached hydrogens (tertiary/aromatic N) is 2. The van der Waals surface area contributed by atoms with E-state index in [1.165, 1.54) is 0 Å². The number of carbonyl (C=O) groups is 1. The number of thiophene rings is 1. The van der Waals surface area contributed by atoms with Crippen LogP contribution in [-0.2, 0) is 4.74 Å². The minimum atomic E-state index is 0.130. The van der Waals surface area contributed by atoms with Gasteiger partial charge >= 0.3 is 0 Å². The molecule has 3 aromatic rings. The van der Waals surface area contributed by atoms with Gasteiger partial charge in [-0.05, 0) is 29.7 Å². The predicted molar refractivity (Wildman–Crippen MR) is 107 cm³/mol. The highest BCUT2D eigenvalue weighted by atomic mass is 32.1. The lowest BCUT2D eigenvalue weighted by molar-refractivity contribution is 0.0684. The molecule has 1 aromatic carbocycles. The molecule has 2 aromatic heterocycles. The van der Waals surface area contributed by atoms with E-state index in [9.17, 15) is 4.79 Å². The maximum Gasteiger partial charge on any atom is 0.264 e. The first-order chi connectivity index (χ1) is 13.3. The highest BCUT2D eigenvalue weighted by molar-refractivity contribution is 7.20. The summed E-state index contributed by atoms with van der Waals surface area (Å²) >= 11 is 1.58. The van der Waals surface area contributed by atoms with Crippen molar-refractivity contribution in [1.82, 2.24) is 9.88 Å². The third-order valence-electron chi connectivity index (χ3n) is 5.57. The molecule has 2 fully saturated rings. The Balaban J connectivity index is 1.25. The SMILES string of the molecule is O=C(c1cc2ccccc2s1)N1C[C@H]2[C@H](CNc3ccccn3)CO[C@H]2C1. The Kier molecular flexibility index (Phi) is 4.30. The van der Waals surface area contributed by atoms with Crippen molar-refractivity contribution in [3.05, 3.63) is 59.6 Å². The molecule has 3 atom stereocenters. The van der Waals surface area contributed by atoms with Crippen LogP contribution in [0.4, 0.5) is 5.82 Å². The van der Waals surface area contributed by atoms with Crippen LogP contribution < -0.4 is 5.32 Å². The third kappa shape index (κ3) is 3.19. The highest BCUT2D eigenvalue weighted by Crippen LogP contribution is 2.35. The van der Waals surface area contributed by atoms with Gasteiger partial charge < -0.3 is 15.0 Å². The molecule has 0 bridgehead atoms. The highest BCUT2D eigenvalue weighted by Gasteiger charge is 2.45. The fourth-order valence-corrected chi connectivity index (χ4v) is 5.15. The Morgan fingerprint density at radius 3 is 2.96 bits per heavy atom. The van der Waals surface area contributed by atoms with Crippen LogP contribution >= 0.6 is 11.3 Å². The number of hydrogen-bond donors (Lipinski definition) is 1. The van der Waals surface area contributed by atoms with Crippen molar-refractivity contribution in [2.45, 2.75) is 6.10 Å². The Morgan fingerprint density at radius 1 is 1.22 bits per heavy atom. The summed E-state index contributed by atoms with van der Waals surface area (Å²) in [6.45, 7) is 3.04. The zero-order valence-electron chi connectivity index (χ0n) is 14.9. The maximum absolute atomic E-state index is 13.0. The van der Waals surface area contributed by atoms with E-state index in [0.717, 1.165) is 40.5 Å². The first-order valence-corrected chi connectivity index (χ1v) is 10.1. The first-order valence-electron chi connectivity index (χ1n) is 9.32. The summed E-state index contributed by atoms with van der Waals surface area (Å²) < 4.78 is 7.16. The van der Waals surface area contributed by atoms with Gasteiger partial charge in [0.25, 0.3) is 5.91 Å². The van der Waals surface area contributed by atoms with Gasteiger partial charge in [0, 0.05) is 42.4 Å². The first kappa shape index (κ1) is 16.7. The minimum Gasteiger partial charge on any atom is -0.376 e. The molecule has 0 saturated carbocycles. The molecule has 138 valence electrons. The predicted octanol–water partition coefficient (Wildman–Crippen LogP) is 3.50. The van der Waals surface area contributed by atoms with Crippen LogP contribution in [0.2, 0.25) is 0 Å². The zero-order chi connectivity index (χ0) is 18.2. The zero-order valence-corrected chi connectivity index (χ0v) is 15.7. The summed E-state index contributed by atoms with van der Waals surface area (Å²) in [5.74, 6) is 1.81. The van der Waals surface area contributed by atoms with Crippen molar-refractivity contribution in [3.8, 4) is 0 Å². The van der Waals surface area contributed by atoms with Gasteiger partial charge in [0.15, 0.2) is 0 Å². The van der Waals surface area contributed by atoms with Crippen molar-refractivity contribution in [2.24, 2.45) is 11.8 Å². The Labute approximate surface area is 162 Å². The minimum absolute atomic E-state index is 0.130. The van der Waals surface area contributed by atoms with Gasteiger partial charge in [-0.1, -0.05) is 24.3 Å². The molecule has 4 heterocycles. The van der Waals surface area contributed by atoms with Crippen LogP contribution in [0.25, 0.3) is 10.1 Å². The lowest BCUT2D eigenvalue weighted by Gasteiger charge is -2.20. The number of ether oxygens (including phenoxy) is 1. The van der Waals surface area contributed by atoms with Crippen LogP contribution in [0.3, 0.4) is 0 Å². The number of amides is 1. The molecule has 0 spiro atoms. The standard InChI is InChI=1S/C21H21N3O2S/c25-21(19-9-14-5-1-2-6-18(14)27-19)24-11-16-15(13-26-17(16)12-24)10-23-20-7-3-4-8-22-20/h1-9,15-17H,10-13H2,(H,22,23)/t15-,16+,17+/m1/s1. The van der Waals surface area contributed by atoms with Crippen LogP contribution in [0.15, 0.2) is 54.7 Å². The topological polar surface area (TPSA) is 54.5 Å². The lowest BCUT2D eigenvalue weighted by Crippen LogP contribution is -2.31. The van der Waals surface area contributed by atoms with E-state index in [0.29, 0.717) is 18.4 Å². The molecule has 1 N–H and O–H groups in total. The van der Waals surface area contributed by atoms with Gasteiger partial charge in [-0.15, -0.1) is 11.3 Å². The average molecular weight is 379 g/mol. The number of fused-ring (bicyclic) bond motifs is 2. The van der Waals surface area contributed by atoms with E-state index >= 15 is 0 Å². The lowest BCUT2D eigenvalue weighted by atomic mass is 9.93. The van der Waals surface area contributed by atoms with Gasteiger partial charge in [0.2, 0.25) is 0 Å². The second-order valence-corrected chi connectivity index (χ2v) is 8.33. The normalized spacial score (nSPS) is 24.3. The van der Waals surface area contributed by atoms with Crippen LogP contribution in [0.1, 0.15) is 9.67 Å². The summed E-state index contributed by atoms with van der Waals surface area (Å²) in [4.78, 5) is 20.1. The van der Waals surface area contributed by atoms with Crippen molar-refractivity contribution >= 4 is 33.1 Å². The van der Waals surface area contributed by atoms with Crippen molar-refractivity contribution in [1.29, 1.82) is 0 Å². The maximum atomic E-state index is 13.0. The largest absolute Gasteiger partial charge is 0.376 e. The molecule has 0 radical (unpaired) electrons. The molecule has 5 rings (SSSR count). The average Bonchev–Trinajstić information content (AvgIpc) is 3.40. The van der Waals surface area contributed by atoms with E-state index in [2.05, 4.69) is 22.4 Å². The molecule has 6 heteroatoms. The third-order valence-corrected chi connectivity index (χ3v) is 6.68. The quantitative estimate of drug-likeness (QED) is 0.754. The second kappa shape index (κ2) is 6.94. The van der Waals surface area contributed by atoms with E-state index in [1.807, 2.05) is 41.3 Å². The van der Waals surface area contributed by atoms with Gasteiger partial charge in [-0.25, -0.2) is 4.98 Å². The number of anilines is 1. The monoisotopic (exact) mass is 379 g/mol. The number of hydrogen-bond acceptors (Lipinski definition) is 5. The van der Waals surface area contributed by atoms with E-state index in [1.54, 1.807) is 17.5 Å². The number of nitrogens with one attached hydrogen (secondary N) is 1. The number of pyridine rings is 1. The molecule has 1 amide bonds. The van der Waals surface area contributed by atoms with Gasteiger partial charge in [0.1, 0.15) is 5.82 Å². The molecule has 2 aliphatic heterocycles. The van der Waals surface area contributed by atoms with Crippen molar-refractivity contribution < 1.29 is 9.53 Å². The van der Waals surface area contributed by atoms with Crippen LogP contribution in [0.5, 0.6) is 0 Å². The van der Waals surface area contributed by atoms with Gasteiger partial charge in [0.05, 0.1) is 17.6 Å². The summed E-state index contributed by atoms with van der Waals surface area (Å²) in [5, 5.41) is 4.54. The molecule has 27 heavy (non-hydrogen) atoms. The van der Waals surface area contributed by atoms with Crippen LogP contribution in [0, 0.1) is 11.8 Å². The number of likely N-dealkylation sites (tertiary alicyclic amines) is 1. The summed E-state index contributed by atoms with van der Waals surface area (Å²) in [6, 6.07) is 16.0. The molecular formula is C21H21N3O2S. The van der Waals surface area contributed by atoms with Gasteiger partial charge in [-0.2, -0.15) is 0 Å². The summed E-state index contributed by atoms with van der Waals surface area (Å²) in [6.07, 6.45) is 1.94. The molecular weight excluding hydrogens is 358 g/mol. The molecule has 0 unspecified atom stereocenters. The number of benzene rings is 1. The molecule has 5 nitrogen and oxygen atoms in total. The molecule has 2 aliphatic rings. The van der Waals surface area contributed by atoms with E-state index in [4.69, 9.17) is 4.74 Å². The van der Waals surface area contributed by atoms with Gasteiger partial charge in [-0.3, -0.25) is 4.79 Å². The molecule has 2 saturated heterocycles. The fraction of sp³-hybridized carbons (Fsp3) is 0.333. The fourth-order valence-electron chi connectivity index (χ4n) is 4.12. The number of rotatable bonds is 4. The van der Waals surface area contributed by atoms with Crippen LogP contribution in [-0.4, -0.2) is 48.1 Å². The Morgan fingerprint density at radius 2 is 2.11 bits per heavy atom. The molecule has 0 aliphatic carbocycles.